The molecule has 0 saturated heterocycles. The highest BCUT2D eigenvalue weighted by Crippen LogP contribution is 2.27. The lowest BCUT2D eigenvalue weighted by atomic mass is 9.85. The van der Waals surface area contributed by atoms with Crippen LogP contribution < -0.4 is 5.73 Å². The van der Waals surface area contributed by atoms with E-state index in [0.29, 0.717) is 23.6 Å². The van der Waals surface area contributed by atoms with E-state index in [1.54, 1.807) is 24.3 Å². The van der Waals surface area contributed by atoms with E-state index in [4.69, 9.17) is 10.9 Å². The van der Waals surface area contributed by atoms with E-state index in [0.717, 1.165) is 6.54 Å². The molecule has 1 amide bonds. The van der Waals surface area contributed by atoms with Crippen molar-refractivity contribution in [1.82, 2.24) is 4.90 Å². The lowest BCUT2D eigenvalue weighted by molar-refractivity contribution is 0.0706. The number of benzene rings is 1. The van der Waals surface area contributed by atoms with Crippen LogP contribution in [0.3, 0.4) is 0 Å². The molecule has 5 nitrogen and oxygen atoms in total. The van der Waals surface area contributed by atoms with E-state index >= 15 is 0 Å². The Kier molecular flexibility index (Phi) is 4.61. The topological polar surface area (TPSA) is 78.9 Å². The Morgan fingerprint density at radius 2 is 2.15 bits per heavy atom. The first kappa shape index (κ1) is 14.4. The minimum atomic E-state index is 0.00647. The predicted molar refractivity (Wildman–Crippen MR) is 77.9 cm³/mol. The molecule has 0 radical (unpaired) electrons. The van der Waals surface area contributed by atoms with Gasteiger partial charge in [0.2, 0.25) is 0 Å². The van der Waals surface area contributed by atoms with Crippen LogP contribution >= 0.6 is 0 Å². The molecule has 1 saturated carbocycles. The largest absolute Gasteiger partial charge is 0.409 e. The third kappa shape index (κ3) is 3.10. The number of nitrogens with two attached hydrogens (primary N) is 1. The van der Waals surface area contributed by atoms with E-state index in [9.17, 15) is 4.79 Å². The van der Waals surface area contributed by atoms with Gasteiger partial charge in [0.25, 0.3) is 5.91 Å². The maximum absolute atomic E-state index is 12.5. The number of amidine groups is 1. The van der Waals surface area contributed by atoms with Crippen LogP contribution in [0.2, 0.25) is 0 Å². The molecule has 0 spiro atoms. The van der Waals surface area contributed by atoms with Gasteiger partial charge in [-0.2, -0.15) is 0 Å². The van der Waals surface area contributed by atoms with Gasteiger partial charge in [-0.3, -0.25) is 4.79 Å². The molecule has 1 aromatic rings. The van der Waals surface area contributed by atoms with E-state index < -0.39 is 0 Å². The maximum atomic E-state index is 12.5. The quantitative estimate of drug-likeness (QED) is 0.373. The fourth-order valence-corrected chi connectivity index (χ4v) is 2.39. The Morgan fingerprint density at radius 1 is 1.45 bits per heavy atom. The molecule has 0 atom stereocenters. The Balaban J connectivity index is 2.13. The van der Waals surface area contributed by atoms with Crippen molar-refractivity contribution in [1.29, 1.82) is 0 Å². The van der Waals surface area contributed by atoms with Crippen molar-refractivity contribution in [2.75, 3.05) is 13.1 Å². The summed E-state index contributed by atoms with van der Waals surface area (Å²) >= 11 is 0. The molecule has 5 heteroatoms. The first-order chi connectivity index (χ1) is 9.65. The molecule has 1 fully saturated rings. The van der Waals surface area contributed by atoms with Crippen LogP contribution in [0.15, 0.2) is 29.4 Å². The minimum absolute atomic E-state index is 0.00647. The molecular weight excluding hydrogens is 254 g/mol. The SMILES string of the molecule is CCN(CC1CCC1)C(=O)c1cccc(/C(N)=N/O)c1. The summed E-state index contributed by atoms with van der Waals surface area (Å²) in [5.74, 6) is 0.667. The van der Waals surface area contributed by atoms with Gasteiger partial charge in [0.1, 0.15) is 0 Å². The van der Waals surface area contributed by atoms with Crippen molar-refractivity contribution in [3.8, 4) is 0 Å². The highest BCUT2D eigenvalue weighted by Gasteiger charge is 2.23. The van der Waals surface area contributed by atoms with Gasteiger partial charge in [0.05, 0.1) is 0 Å². The Hall–Kier alpha value is -2.04. The average Bonchev–Trinajstić information content (AvgIpc) is 2.45. The fourth-order valence-electron chi connectivity index (χ4n) is 2.39. The van der Waals surface area contributed by atoms with Crippen molar-refractivity contribution >= 4 is 11.7 Å². The summed E-state index contributed by atoms with van der Waals surface area (Å²) in [6, 6.07) is 6.90. The summed E-state index contributed by atoms with van der Waals surface area (Å²) in [4.78, 5) is 14.4. The highest BCUT2D eigenvalue weighted by molar-refractivity contribution is 6.01. The Labute approximate surface area is 119 Å². The van der Waals surface area contributed by atoms with Gasteiger partial charge in [-0.1, -0.05) is 23.7 Å². The zero-order chi connectivity index (χ0) is 14.5. The van der Waals surface area contributed by atoms with Crippen LogP contribution in [0.1, 0.15) is 42.1 Å². The molecule has 1 aliphatic carbocycles. The number of hydrogen-bond donors (Lipinski definition) is 2. The second-order valence-electron chi connectivity index (χ2n) is 5.21. The summed E-state index contributed by atoms with van der Waals surface area (Å²) in [6.07, 6.45) is 3.71. The molecule has 0 heterocycles. The molecule has 20 heavy (non-hydrogen) atoms. The first-order valence-corrected chi connectivity index (χ1v) is 7.03. The van der Waals surface area contributed by atoms with Crippen LogP contribution in [0.4, 0.5) is 0 Å². The van der Waals surface area contributed by atoms with Crippen molar-refractivity contribution in [3.63, 3.8) is 0 Å². The molecular formula is C15H21N3O2. The zero-order valence-corrected chi connectivity index (χ0v) is 11.7. The molecule has 0 bridgehead atoms. The van der Waals surface area contributed by atoms with Gasteiger partial charge in [-0.25, -0.2) is 0 Å². The van der Waals surface area contributed by atoms with Crippen molar-refractivity contribution in [3.05, 3.63) is 35.4 Å². The normalized spacial score (nSPS) is 15.8. The predicted octanol–water partition coefficient (Wildman–Crippen LogP) is 2.04. The summed E-state index contributed by atoms with van der Waals surface area (Å²) in [5, 5.41) is 11.7. The van der Waals surface area contributed by atoms with Gasteiger partial charge >= 0.3 is 0 Å². The number of hydrogen-bond acceptors (Lipinski definition) is 3. The molecule has 3 N–H and O–H groups in total. The highest BCUT2D eigenvalue weighted by atomic mass is 16.4. The lowest BCUT2D eigenvalue weighted by Gasteiger charge is -2.31. The first-order valence-electron chi connectivity index (χ1n) is 7.03. The van der Waals surface area contributed by atoms with Gasteiger partial charge < -0.3 is 15.8 Å². The fraction of sp³-hybridized carbons (Fsp3) is 0.467. The van der Waals surface area contributed by atoms with E-state index in [1.165, 1.54) is 19.3 Å². The van der Waals surface area contributed by atoms with E-state index in [-0.39, 0.29) is 11.7 Å². The number of carbonyl (C=O) groups is 1. The van der Waals surface area contributed by atoms with Crippen LogP contribution in [-0.2, 0) is 0 Å². The van der Waals surface area contributed by atoms with E-state index in [1.807, 2.05) is 11.8 Å². The van der Waals surface area contributed by atoms with Gasteiger partial charge in [0, 0.05) is 24.2 Å². The second-order valence-corrected chi connectivity index (χ2v) is 5.21. The Morgan fingerprint density at radius 3 is 2.70 bits per heavy atom. The molecule has 2 rings (SSSR count). The van der Waals surface area contributed by atoms with Gasteiger partial charge in [-0.05, 0) is 37.8 Å². The third-order valence-electron chi connectivity index (χ3n) is 3.89. The average molecular weight is 275 g/mol. The number of oxime groups is 1. The van der Waals surface area contributed by atoms with Crippen molar-refractivity contribution in [2.24, 2.45) is 16.8 Å². The second kappa shape index (κ2) is 6.41. The lowest BCUT2D eigenvalue weighted by Crippen LogP contribution is -2.37. The number of rotatable bonds is 5. The summed E-state index contributed by atoms with van der Waals surface area (Å²) < 4.78 is 0. The molecule has 0 aromatic heterocycles. The summed E-state index contributed by atoms with van der Waals surface area (Å²) in [5.41, 5.74) is 6.69. The number of amides is 1. The van der Waals surface area contributed by atoms with Gasteiger partial charge in [-0.15, -0.1) is 0 Å². The van der Waals surface area contributed by atoms with E-state index in [2.05, 4.69) is 5.16 Å². The standard InChI is InChI=1S/C15H21N3O2/c1-2-18(10-11-5-3-6-11)15(19)13-8-4-7-12(9-13)14(16)17-20/h4,7-9,11,20H,2-3,5-6,10H2,1H3,(H2,16,17). The molecule has 108 valence electrons. The third-order valence-corrected chi connectivity index (χ3v) is 3.89. The molecule has 0 unspecified atom stereocenters. The maximum Gasteiger partial charge on any atom is 0.253 e. The van der Waals surface area contributed by atoms with Gasteiger partial charge in [0.15, 0.2) is 5.84 Å². The van der Waals surface area contributed by atoms with Crippen LogP contribution in [0.5, 0.6) is 0 Å². The Bertz CT molecular complexity index is 510. The van der Waals surface area contributed by atoms with Crippen LogP contribution in [-0.4, -0.2) is 34.9 Å². The molecule has 1 aliphatic rings. The summed E-state index contributed by atoms with van der Waals surface area (Å²) in [7, 11) is 0. The summed E-state index contributed by atoms with van der Waals surface area (Å²) in [6.45, 7) is 3.51. The molecule has 1 aromatic carbocycles. The number of nitrogens with zero attached hydrogens (tertiary/aromatic N) is 2. The minimum Gasteiger partial charge on any atom is -0.409 e. The van der Waals surface area contributed by atoms with Crippen molar-refractivity contribution < 1.29 is 10.0 Å². The monoisotopic (exact) mass is 275 g/mol. The number of carbonyl (C=O) groups excluding carboxylic acids is 1. The van der Waals surface area contributed by atoms with Crippen LogP contribution in [0, 0.1) is 5.92 Å². The smallest absolute Gasteiger partial charge is 0.253 e. The van der Waals surface area contributed by atoms with Crippen molar-refractivity contribution in [2.45, 2.75) is 26.2 Å². The van der Waals surface area contributed by atoms with Crippen LogP contribution in [0.25, 0.3) is 0 Å². The molecule has 0 aliphatic heterocycles. The zero-order valence-electron chi connectivity index (χ0n) is 11.7.